The highest BCUT2D eigenvalue weighted by atomic mass is 19.1. The molecular weight excluding hydrogens is 311 g/mol. The van der Waals surface area contributed by atoms with Gasteiger partial charge in [0.2, 0.25) is 5.78 Å². The van der Waals surface area contributed by atoms with Crippen molar-refractivity contribution < 1.29 is 18.8 Å². The van der Waals surface area contributed by atoms with Crippen molar-refractivity contribution in [3.63, 3.8) is 0 Å². The molecule has 0 saturated carbocycles. The van der Waals surface area contributed by atoms with Gasteiger partial charge in [-0.15, -0.1) is 0 Å². The van der Waals surface area contributed by atoms with Crippen LogP contribution in [0.15, 0.2) is 36.5 Å². The minimum atomic E-state index is -0.707. The normalized spacial score (nSPS) is 10.5. The van der Waals surface area contributed by atoms with E-state index in [1.165, 1.54) is 12.1 Å². The topological polar surface area (TPSA) is 59.4 Å². The van der Waals surface area contributed by atoms with Crippen molar-refractivity contribution >= 4 is 23.0 Å². The first-order valence-electron chi connectivity index (χ1n) is 7.47. The van der Waals surface area contributed by atoms with Crippen molar-refractivity contribution in [2.45, 2.75) is 19.9 Å². The van der Waals surface area contributed by atoms with E-state index in [0.29, 0.717) is 12.2 Å². The second kappa shape index (κ2) is 7.21. The van der Waals surface area contributed by atoms with Gasteiger partial charge < -0.3 is 9.47 Å². The fourth-order valence-corrected chi connectivity index (χ4v) is 2.25. The van der Waals surface area contributed by atoms with Crippen LogP contribution in [0.25, 0.3) is 0 Å². The summed E-state index contributed by atoms with van der Waals surface area (Å²) in [6.07, 6.45) is 1.34. The van der Waals surface area contributed by atoms with Gasteiger partial charge in [0.15, 0.2) is 11.6 Å². The number of carbonyl (C=O) groups is 3. The number of carbonyl (C=O) groups excluding carboxylic acids is 3. The first-order chi connectivity index (χ1) is 11.3. The predicted octanol–water partition coefficient (Wildman–Crippen LogP) is 2.47. The number of rotatable bonds is 7. The number of hydrogen-bond donors (Lipinski definition) is 0. The van der Waals surface area contributed by atoms with Gasteiger partial charge in [-0.1, -0.05) is 12.1 Å². The molecule has 0 spiro atoms. The molecular formula is C18H19FN2O3. The lowest BCUT2D eigenvalue weighted by Gasteiger charge is -2.09. The second-order valence-corrected chi connectivity index (χ2v) is 5.81. The fourth-order valence-electron chi connectivity index (χ4n) is 2.25. The number of benzene rings is 1. The van der Waals surface area contributed by atoms with Crippen molar-refractivity contribution in [2.75, 3.05) is 19.0 Å². The number of ketones is 3. The van der Waals surface area contributed by atoms with E-state index in [4.69, 9.17) is 0 Å². The number of nitrogens with zero attached hydrogens (tertiary/aromatic N) is 2. The summed E-state index contributed by atoms with van der Waals surface area (Å²) in [4.78, 5) is 36.8. The second-order valence-electron chi connectivity index (χ2n) is 5.81. The van der Waals surface area contributed by atoms with Crippen LogP contribution in [-0.2, 0) is 16.1 Å². The standard InChI is InChI=1S/C18H19FN2O3/c1-12(22)17(23)9-18(24)16-8-15(20(2)3)11-21(16)10-13-4-6-14(19)7-5-13/h4-8,11H,9-10H2,1-3H3. The third-order valence-electron chi connectivity index (χ3n) is 3.66. The number of Topliss-reactive ketones (excluding diaryl/α,β-unsaturated/α-hetero) is 3. The maximum atomic E-state index is 13.0. The highest BCUT2D eigenvalue weighted by Gasteiger charge is 2.20. The van der Waals surface area contributed by atoms with Gasteiger partial charge in [-0.3, -0.25) is 14.4 Å². The third-order valence-corrected chi connectivity index (χ3v) is 3.66. The van der Waals surface area contributed by atoms with Crippen molar-refractivity contribution in [3.05, 3.63) is 53.6 Å². The van der Waals surface area contributed by atoms with Crippen LogP contribution in [0.2, 0.25) is 0 Å². The predicted molar refractivity (Wildman–Crippen MR) is 88.9 cm³/mol. The van der Waals surface area contributed by atoms with Crippen LogP contribution in [0.5, 0.6) is 0 Å². The molecule has 0 fully saturated rings. The molecule has 0 atom stereocenters. The maximum Gasteiger partial charge on any atom is 0.205 e. The van der Waals surface area contributed by atoms with E-state index in [-0.39, 0.29) is 5.82 Å². The Kier molecular flexibility index (Phi) is 5.28. The van der Waals surface area contributed by atoms with E-state index in [9.17, 15) is 18.8 Å². The highest BCUT2D eigenvalue weighted by Crippen LogP contribution is 2.20. The van der Waals surface area contributed by atoms with Crippen molar-refractivity contribution in [1.82, 2.24) is 4.57 Å². The van der Waals surface area contributed by atoms with Gasteiger partial charge in [-0.05, 0) is 23.8 Å². The van der Waals surface area contributed by atoms with Gasteiger partial charge in [0.1, 0.15) is 5.82 Å². The molecule has 0 N–H and O–H groups in total. The summed E-state index contributed by atoms with van der Waals surface area (Å²) >= 11 is 0. The van der Waals surface area contributed by atoms with Gasteiger partial charge in [-0.25, -0.2) is 4.39 Å². The molecule has 5 nitrogen and oxygen atoms in total. The molecule has 126 valence electrons. The van der Waals surface area contributed by atoms with E-state index in [2.05, 4.69) is 0 Å². The molecule has 0 aliphatic carbocycles. The summed E-state index contributed by atoms with van der Waals surface area (Å²) in [6.45, 7) is 1.52. The van der Waals surface area contributed by atoms with E-state index < -0.39 is 23.8 Å². The largest absolute Gasteiger partial charge is 0.376 e. The first kappa shape index (κ1) is 17.6. The Morgan fingerprint density at radius 1 is 1.12 bits per heavy atom. The average Bonchev–Trinajstić information content (AvgIpc) is 2.93. The zero-order valence-electron chi connectivity index (χ0n) is 13.9. The third kappa shape index (κ3) is 4.16. The van der Waals surface area contributed by atoms with E-state index in [1.807, 2.05) is 19.0 Å². The molecule has 6 heteroatoms. The van der Waals surface area contributed by atoms with Crippen LogP contribution >= 0.6 is 0 Å². The lowest BCUT2D eigenvalue weighted by molar-refractivity contribution is -0.134. The van der Waals surface area contributed by atoms with E-state index >= 15 is 0 Å². The van der Waals surface area contributed by atoms with Crippen molar-refractivity contribution in [1.29, 1.82) is 0 Å². The summed E-state index contributed by atoms with van der Waals surface area (Å²) in [5, 5.41) is 0. The average molecular weight is 330 g/mol. The molecule has 0 aliphatic heterocycles. The van der Waals surface area contributed by atoms with Crippen LogP contribution in [0, 0.1) is 5.82 Å². The summed E-state index contributed by atoms with van der Waals surface area (Å²) in [7, 11) is 3.68. The SMILES string of the molecule is CC(=O)C(=O)CC(=O)c1cc(N(C)C)cn1Cc1ccc(F)cc1. The zero-order valence-corrected chi connectivity index (χ0v) is 13.9. The molecule has 1 heterocycles. The molecule has 0 radical (unpaired) electrons. The molecule has 0 amide bonds. The van der Waals surface area contributed by atoms with E-state index in [1.54, 1.807) is 29.0 Å². The maximum absolute atomic E-state index is 13.0. The van der Waals surface area contributed by atoms with Gasteiger partial charge in [0.25, 0.3) is 0 Å². The van der Waals surface area contributed by atoms with Crippen molar-refractivity contribution in [3.8, 4) is 0 Å². The highest BCUT2D eigenvalue weighted by molar-refractivity contribution is 6.40. The minimum absolute atomic E-state index is 0.330. The summed E-state index contributed by atoms with van der Waals surface area (Å²) in [6, 6.07) is 7.66. The van der Waals surface area contributed by atoms with Gasteiger partial charge in [-0.2, -0.15) is 0 Å². The Labute approximate surface area is 139 Å². The van der Waals surface area contributed by atoms with Gasteiger partial charge >= 0.3 is 0 Å². The first-order valence-corrected chi connectivity index (χ1v) is 7.47. The van der Waals surface area contributed by atoms with Gasteiger partial charge in [0, 0.05) is 33.8 Å². The van der Waals surface area contributed by atoms with Gasteiger partial charge in [0.05, 0.1) is 17.8 Å². The minimum Gasteiger partial charge on any atom is -0.376 e. The number of halogens is 1. The summed E-state index contributed by atoms with van der Waals surface area (Å²) in [5.41, 5.74) is 1.97. The Hall–Kier alpha value is -2.76. The Morgan fingerprint density at radius 2 is 1.75 bits per heavy atom. The molecule has 2 rings (SSSR count). The number of hydrogen-bond acceptors (Lipinski definition) is 4. The molecule has 1 aromatic carbocycles. The molecule has 2 aromatic rings. The lowest BCUT2D eigenvalue weighted by atomic mass is 10.1. The summed E-state index contributed by atoms with van der Waals surface area (Å²) < 4.78 is 14.7. The quantitative estimate of drug-likeness (QED) is 0.444. The lowest BCUT2D eigenvalue weighted by Crippen LogP contribution is -2.17. The number of aromatic nitrogens is 1. The Morgan fingerprint density at radius 3 is 2.29 bits per heavy atom. The van der Waals surface area contributed by atoms with E-state index in [0.717, 1.165) is 18.2 Å². The molecule has 0 unspecified atom stereocenters. The molecule has 1 aromatic heterocycles. The molecule has 0 saturated heterocycles. The van der Waals surface area contributed by atoms with Crippen molar-refractivity contribution in [2.24, 2.45) is 0 Å². The monoisotopic (exact) mass is 330 g/mol. The molecule has 0 bridgehead atoms. The van der Waals surface area contributed by atoms with Crippen LogP contribution in [0.3, 0.4) is 0 Å². The van der Waals surface area contributed by atoms with Crippen LogP contribution < -0.4 is 4.90 Å². The smallest absolute Gasteiger partial charge is 0.205 e. The van der Waals surface area contributed by atoms with Crippen LogP contribution in [0.1, 0.15) is 29.4 Å². The molecule has 24 heavy (non-hydrogen) atoms. The Balaban J connectivity index is 2.31. The fraction of sp³-hybridized carbons (Fsp3) is 0.278. The Bertz CT molecular complexity index is 776. The zero-order chi connectivity index (χ0) is 17.9. The van der Waals surface area contributed by atoms with Crippen LogP contribution in [-0.4, -0.2) is 36.0 Å². The number of anilines is 1. The summed E-state index contributed by atoms with van der Waals surface area (Å²) in [5.74, 6) is -2.08. The van der Waals surface area contributed by atoms with Crippen LogP contribution in [0.4, 0.5) is 10.1 Å². The molecule has 0 aliphatic rings.